The van der Waals surface area contributed by atoms with Crippen molar-refractivity contribution in [3.8, 4) is 23.0 Å². The zero-order valence-electron chi connectivity index (χ0n) is 23.7. The van der Waals surface area contributed by atoms with Crippen LogP contribution in [0, 0.1) is 13.8 Å². The molecule has 1 unspecified atom stereocenters. The van der Waals surface area contributed by atoms with Crippen LogP contribution in [0.5, 0.6) is 23.0 Å². The lowest BCUT2D eigenvalue weighted by molar-refractivity contribution is -0.132. The Morgan fingerprint density at radius 3 is 2.08 bits per heavy atom. The molecule has 0 spiro atoms. The summed E-state index contributed by atoms with van der Waals surface area (Å²) in [5.41, 5.74) is 3.23. The van der Waals surface area contributed by atoms with Crippen molar-refractivity contribution in [2.24, 2.45) is 0 Å². The van der Waals surface area contributed by atoms with Crippen LogP contribution in [-0.4, -0.2) is 43.7 Å². The third kappa shape index (κ3) is 5.47. The van der Waals surface area contributed by atoms with Gasteiger partial charge in [-0.25, -0.2) is 0 Å². The number of anilines is 1. The number of methoxy groups -OCH3 is 1. The molecular weight excluding hydrogens is 510 g/mol. The Bertz CT molecular complexity index is 1440. The van der Waals surface area contributed by atoms with E-state index < -0.39 is 17.7 Å². The molecule has 1 atom stereocenters. The van der Waals surface area contributed by atoms with Gasteiger partial charge in [0.1, 0.15) is 17.3 Å². The summed E-state index contributed by atoms with van der Waals surface area (Å²) in [6, 6.07) is 15.0. The van der Waals surface area contributed by atoms with E-state index in [9.17, 15) is 14.7 Å². The van der Waals surface area contributed by atoms with Gasteiger partial charge in [-0.2, -0.15) is 0 Å². The Labute approximate surface area is 234 Å². The van der Waals surface area contributed by atoms with Gasteiger partial charge in [0.15, 0.2) is 11.5 Å². The van der Waals surface area contributed by atoms with Crippen molar-refractivity contribution in [2.45, 2.75) is 40.7 Å². The van der Waals surface area contributed by atoms with Crippen LogP contribution in [0.3, 0.4) is 0 Å². The van der Waals surface area contributed by atoms with Gasteiger partial charge in [0.2, 0.25) is 0 Å². The molecule has 0 saturated carbocycles. The molecule has 8 heteroatoms. The number of aliphatic hydroxyl groups excluding tert-OH is 1. The maximum atomic E-state index is 13.7. The molecule has 210 valence electrons. The fourth-order valence-corrected chi connectivity index (χ4v) is 5.01. The second-order valence-electron chi connectivity index (χ2n) is 9.38. The molecule has 1 fully saturated rings. The second kappa shape index (κ2) is 12.2. The first kappa shape index (κ1) is 28.5. The van der Waals surface area contributed by atoms with E-state index in [0.717, 1.165) is 11.1 Å². The fraction of sp³-hybridized carbons (Fsp3) is 0.312. The highest BCUT2D eigenvalue weighted by atomic mass is 16.5. The largest absolute Gasteiger partial charge is 0.507 e. The minimum absolute atomic E-state index is 0.0538. The number of ether oxygens (including phenoxy) is 4. The molecule has 3 aromatic rings. The molecule has 40 heavy (non-hydrogen) atoms. The normalized spacial score (nSPS) is 16.2. The molecule has 1 aliphatic rings. The molecular formula is C32H35NO7. The van der Waals surface area contributed by atoms with Crippen LogP contribution >= 0.6 is 0 Å². The number of carbonyl (C=O) groups excluding carboxylic acids is 2. The molecule has 8 nitrogen and oxygen atoms in total. The predicted octanol–water partition coefficient (Wildman–Crippen LogP) is 6.13. The summed E-state index contributed by atoms with van der Waals surface area (Å²) >= 11 is 0. The van der Waals surface area contributed by atoms with E-state index in [-0.39, 0.29) is 16.9 Å². The Kier molecular flexibility index (Phi) is 8.67. The van der Waals surface area contributed by atoms with E-state index in [0.29, 0.717) is 54.1 Å². The average molecular weight is 546 g/mol. The summed E-state index contributed by atoms with van der Waals surface area (Å²) in [4.78, 5) is 28.8. The van der Waals surface area contributed by atoms with Gasteiger partial charge >= 0.3 is 0 Å². The molecule has 1 N–H and O–H groups in total. The molecule has 1 aliphatic heterocycles. The first-order valence-electron chi connectivity index (χ1n) is 13.3. The number of ketones is 1. The van der Waals surface area contributed by atoms with Gasteiger partial charge in [-0.3, -0.25) is 14.5 Å². The molecule has 1 amide bonds. The molecule has 3 aromatic carbocycles. The number of benzene rings is 3. The Balaban J connectivity index is 1.99. The van der Waals surface area contributed by atoms with Crippen LogP contribution in [-0.2, 0) is 9.59 Å². The Morgan fingerprint density at radius 1 is 0.800 bits per heavy atom. The smallest absolute Gasteiger partial charge is 0.300 e. The van der Waals surface area contributed by atoms with Gasteiger partial charge in [-0.15, -0.1) is 0 Å². The zero-order valence-corrected chi connectivity index (χ0v) is 23.7. The van der Waals surface area contributed by atoms with E-state index in [1.54, 1.807) is 43.5 Å². The summed E-state index contributed by atoms with van der Waals surface area (Å²) in [6.45, 7) is 10.6. The number of amides is 1. The molecule has 0 radical (unpaired) electrons. The first-order chi connectivity index (χ1) is 19.2. The van der Waals surface area contributed by atoms with Crippen LogP contribution in [0.2, 0.25) is 0 Å². The first-order valence-corrected chi connectivity index (χ1v) is 13.3. The standard InChI is InChI=1S/C32H35NO7/c1-7-38-23-11-12-24(26(18-23)39-8-2)30(34)28-29(21-10-13-25(37-6)27(17-21)40-9-3)33(32(36)31(28)35)22-15-19(4)14-20(5)16-22/h10-18,29,34H,7-9H2,1-6H3/b30-28+. The molecule has 0 aromatic heterocycles. The van der Waals surface area contributed by atoms with Gasteiger partial charge in [-0.1, -0.05) is 12.1 Å². The lowest BCUT2D eigenvalue weighted by atomic mass is 9.94. The number of hydrogen-bond acceptors (Lipinski definition) is 7. The van der Waals surface area contributed by atoms with Crippen molar-refractivity contribution in [3.63, 3.8) is 0 Å². The second-order valence-corrected chi connectivity index (χ2v) is 9.38. The third-order valence-corrected chi connectivity index (χ3v) is 6.55. The van der Waals surface area contributed by atoms with Gasteiger partial charge < -0.3 is 24.1 Å². The van der Waals surface area contributed by atoms with E-state index in [1.165, 1.54) is 4.90 Å². The Morgan fingerprint density at radius 2 is 1.45 bits per heavy atom. The molecule has 4 rings (SSSR count). The quantitative estimate of drug-likeness (QED) is 0.186. The zero-order chi connectivity index (χ0) is 29.0. The van der Waals surface area contributed by atoms with Crippen LogP contribution in [0.15, 0.2) is 60.2 Å². The maximum absolute atomic E-state index is 13.7. The van der Waals surface area contributed by atoms with E-state index in [2.05, 4.69) is 0 Å². The number of hydrogen-bond donors (Lipinski definition) is 1. The van der Waals surface area contributed by atoms with E-state index >= 15 is 0 Å². The maximum Gasteiger partial charge on any atom is 0.300 e. The number of rotatable bonds is 10. The summed E-state index contributed by atoms with van der Waals surface area (Å²) in [6.07, 6.45) is 0. The van der Waals surface area contributed by atoms with Crippen molar-refractivity contribution in [1.29, 1.82) is 0 Å². The highest BCUT2D eigenvalue weighted by Crippen LogP contribution is 2.45. The number of aliphatic hydroxyl groups is 1. The molecule has 0 aliphatic carbocycles. The highest BCUT2D eigenvalue weighted by Gasteiger charge is 2.47. The fourth-order valence-electron chi connectivity index (χ4n) is 5.01. The van der Waals surface area contributed by atoms with Crippen LogP contribution in [0.1, 0.15) is 49.1 Å². The van der Waals surface area contributed by atoms with Gasteiger partial charge in [0, 0.05) is 11.8 Å². The van der Waals surface area contributed by atoms with Crippen molar-refractivity contribution < 1.29 is 33.6 Å². The lowest BCUT2D eigenvalue weighted by Crippen LogP contribution is -2.29. The van der Waals surface area contributed by atoms with Crippen molar-refractivity contribution in [3.05, 3.63) is 82.4 Å². The van der Waals surface area contributed by atoms with Crippen LogP contribution in [0.25, 0.3) is 5.76 Å². The number of Topliss-reactive ketones (excluding diaryl/α,β-unsaturated/α-hetero) is 1. The summed E-state index contributed by atoms with van der Waals surface area (Å²) in [5.74, 6) is -0.00143. The van der Waals surface area contributed by atoms with Gasteiger partial charge in [-0.05, 0) is 87.7 Å². The molecule has 1 heterocycles. The monoisotopic (exact) mass is 545 g/mol. The predicted molar refractivity (Wildman–Crippen MR) is 154 cm³/mol. The average Bonchev–Trinajstić information content (AvgIpc) is 3.18. The van der Waals surface area contributed by atoms with Crippen LogP contribution < -0.4 is 23.8 Å². The lowest BCUT2D eigenvalue weighted by Gasteiger charge is -2.27. The van der Waals surface area contributed by atoms with Crippen molar-refractivity contribution in [1.82, 2.24) is 0 Å². The summed E-state index contributed by atoms with van der Waals surface area (Å²) in [5, 5.41) is 11.7. The van der Waals surface area contributed by atoms with E-state index in [1.807, 2.05) is 52.8 Å². The van der Waals surface area contributed by atoms with Gasteiger partial charge in [0.25, 0.3) is 11.7 Å². The molecule has 0 bridgehead atoms. The minimum atomic E-state index is -0.938. The topological polar surface area (TPSA) is 94.5 Å². The van der Waals surface area contributed by atoms with Crippen LogP contribution in [0.4, 0.5) is 5.69 Å². The minimum Gasteiger partial charge on any atom is -0.507 e. The van der Waals surface area contributed by atoms with Crippen molar-refractivity contribution in [2.75, 3.05) is 31.8 Å². The van der Waals surface area contributed by atoms with Gasteiger partial charge in [0.05, 0.1) is 44.1 Å². The number of carbonyl (C=O) groups is 2. The molecule has 1 saturated heterocycles. The summed E-state index contributed by atoms with van der Waals surface area (Å²) in [7, 11) is 1.54. The Hall–Kier alpha value is -4.46. The van der Waals surface area contributed by atoms with Crippen molar-refractivity contribution >= 4 is 23.1 Å². The van der Waals surface area contributed by atoms with E-state index in [4.69, 9.17) is 18.9 Å². The summed E-state index contributed by atoms with van der Waals surface area (Å²) < 4.78 is 22.7. The number of nitrogens with zero attached hydrogens (tertiary/aromatic N) is 1. The highest BCUT2D eigenvalue weighted by molar-refractivity contribution is 6.51. The third-order valence-electron chi connectivity index (χ3n) is 6.55. The number of aryl methyl sites for hydroxylation is 2. The SMILES string of the molecule is CCOc1ccc(/C(O)=C2\C(=O)C(=O)N(c3cc(C)cc(C)c3)C2c2ccc(OC)c(OCC)c2)c(OCC)c1.